The zero-order chi connectivity index (χ0) is 23.9. The lowest BCUT2D eigenvalue weighted by molar-refractivity contribution is -0.116. The van der Waals surface area contributed by atoms with E-state index in [-0.39, 0.29) is 18.1 Å². The number of ketones is 1. The van der Waals surface area contributed by atoms with E-state index in [1.54, 1.807) is 38.4 Å². The van der Waals surface area contributed by atoms with Crippen LogP contribution in [-0.4, -0.2) is 55.4 Å². The number of nitrogens with one attached hydrogen (secondary N) is 1. The van der Waals surface area contributed by atoms with Crippen LogP contribution in [0.1, 0.15) is 63.8 Å². The largest absolute Gasteiger partial charge is 0.496 e. The molecule has 0 saturated heterocycles. The molecule has 9 heteroatoms. The van der Waals surface area contributed by atoms with E-state index >= 15 is 0 Å². The van der Waals surface area contributed by atoms with E-state index in [9.17, 15) is 14.0 Å². The monoisotopic (exact) mass is 464 g/mol. The molecule has 0 aliphatic heterocycles. The van der Waals surface area contributed by atoms with Crippen molar-refractivity contribution in [3.63, 3.8) is 0 Å². The summed E-state index contributed by atoms with van der Waals surface area (Å²) in [5, 5.41) is 2.92. The molecule has 2 amide bonds. The molecule has 0 aromatic heterocycles. The molecular weight excluding hydrogens is 431 g/mol. The standard InChI is InChI=1S/C23H33FN4O3S/c1-6-8-12-26-22(25-4)19-11-10-17(13-21(19)31-5)20(24)14-27-23(30)28-16(3)32-15-18(29)9-7-2/h10-13,20H,6-9,14-15H2,1-5H3,(H,27,30)/b25-22?,26-12?,28-16-. The second kappa shape index (κ2) is 15.3. The maximum absolute atomic E-state index is 14.7. The highest BCUT2D eigenvalue weighted by Crippen LogP contribution is 2.26. The van der Waals surface area contributed by atoms with Crippen LogP contribution < -0.4 is 10.1 Å². The molecule has 0 radical (unpaired) electrons. The number of nitrogens with zero attached hydrogens (tertiary/aromatic N) is 3. The van der Waals surface area contributed by atoms with Gasteiger partial charge in [-0.2, -0.15) is 4.99 Å². The molecule has 0 aliphatic rings. The lowest BCUT2D eigenvalue weighted by Crippen LogP contribution is -2.25. The minimum absolute atomic E-state index is 0.112. The summed E-state index contributed by atoms with van der Waals surface area (Å²) < 4.78 is 20.1. The third kappa shape index (κ3) is 9.72. The van der Waals surface area contributed by atoms with Crippen molar-refractivity contribution in [2.45, 2.75) is 52.6 Å². The van der Waals surface area contributed by atoms with Gasteiger partial charge in [0.05, 0.1) is 30.0 Å². The summed E-state index contributed by atoms with van der Waals surface area (Å²) in [6.07, 6.45) is 3.46. The fourth-order valence-corrected chi connectivity index (χ4v) is 3.32. The zero-order valence-electron chi connectivity index (χ0n) is 19.5. The highest BCUT2D eigenvalue weighted by atomic mass is 32.2. The van der Waals surface area contributed by atoms with Crippen LogP contribution in [0.15, 0.2) is 33.2 Å². The Kier molecular flexibility index (Phi) is 13.1. The number of methoxy groups -OCH3 is 1. The molecular formula is C23H33FN4O3S. The normalized spacial score (nSPS) is 13.3. The molecule has 1 N–H and O–H groups in total. The number of ether oxygens (including phenoxy) is 1. The lowest BCUT2D eigenvalue weighted by Gasteiger charge is -2.13. The smallest absolute Gasteiger partial charge is 0.341 e. The number of Topliss-reactive ketones (excluding diaryl/α,β-unsaturated/α-hetero) is 1. The fourth-order valence-electron chi connectivity index (χ4n) is 2.66. The van der Waals surface area contributed by atoms with Crippen molar-refractivity contribution in [1.82, 2.24) is 5.32 Å². The Labute approximate surface area is 194 Å². The van der Waals surface area contributed by atoms with Gasteiger partial charge in [-0.25, -0.2) is 14.2 Å². The van der Waals surface area contributed by atoms with Gasteiger partial charge in [0, 0.05) is 19.7 Å². The molecule has 0 fully saturated rings. The van der Waals surface area contributed by atoms with Crippen molar-refractivity contribution in [3.05, 3.63) is 29.3 Å². The van der Waals surface area contributed by atoms with Gasteiger partial charge >= 0.3 is 6.03 Å². The van der Waals surface area contributed by atoms with Crippen LogP contribution >= 0.6 is 11.8 Å². The van der Waals surface area contributed by atoms with Crippen molar-refractivity contribution in [1.29, 1.82) is 0 Å². The maximum Gasteiger partial charge on any atom is 0.341 e. The van der Waals surface area contributed by atoms with Crippen LogP contribution in [0.5, 0.6) is 5.75 Å². The number of alkyl halides is 1. The van der Waals surface area contributed by atoms with Crippen LogP contribution in [0.25, 0.3) is 0 Å². The van der Waals surface area contributed by atoms with Gasteiger partial charge in [0.25, 0.3) is 0 Å². The number of hydrogen-bond donors (Lipinski definition) is 1. The summed E-state index contributed by atoms with van der Waals surface area (Å²) in [6, 6.07) is 4.27. The average Bonchev–Trinajstić information content (AvgIpc) is 2.79. The van der Waals surface area contributed by atoms with Gasteiger partial charge in [0.15, 0.2) is 5.84 Å². The molecule has 0 bridgehead atoms. The SMILES string of the molecule is CCCC=NC(=NC)c1ccc(C(F)CNC(=O)/N=C(/C)SCC(=O)CCC)cc1OC. The summed E-state index contributed by atoms with van der Waals surface area (Å²) in [6.45, 7) is 5.41. The van der Waals surface area contributed by atoms with E-state index in [0.29, 0.717) is 34.2 Å². The average molecular weight is 465 g/mol. The van der Waals surface area contributed by atoms with Crippen molar-refractivity contribution in [2.75, 3.05) is 26.5 Å². The predicted octanol–water partition coefficient (Wildman–Crippen LogP) is 5.18. The molecule has 1 unspecified atom stereocenters. The molecule has 0 heterocycles. The van der Waals surface area contributed by atoms with E-state index in [4.69, 9.17) is 4.74 Å². The van der Waals surface area contributed by atoms with Gasteiger partial charge < -0.3 is 10.1 Å². The number of hydrogen-bond acceptors (Lipinski definition) is 5. The molecule has 0 saturated carbocycles. The molecule has 1 atom stereocenters. The summed E-state index contributed by atoms with van der Waals surface area (Å²) >= 11 is 1.21. The third-order valence-electron chi connectivity index (χ3n) is 4.33. The van der Waals surface area contributed by atoms with E-state index in [0.717, 1.165) is 19.3 Å². The molecule has 1 rings (SSSR count). The molecule has 176 valence electrons. The number of amides is 2. The first-order valence-corrected chi connectivity index (χ1v) is 11.6. The minimum atomic E-state index is -1.44. The fraction of sp³-hybridized carbons (Fsp3) is 0.522. The third-order valence-corrected chi connectivity index (χ3v) is 5.31. The van der Waals surface area contributed by atoms with Crippen LogP contribution in [0.4, 0.5) is 9.18 Å². The van der Waals surface area contributed by atoms with Crippen molar-refractivity contribution in [2.24, 2.45) is 15.0 Å². The number of carbonyl (C=O) groups is 2. The van der Waals surface area contributed by atoms with E-state index < -0.39 is 12.2 Å². The minimum Gasteiger partial charge on any atom is -0.496 e. The summed E-state index contributed by atoms with van der Waals surface area (Å²) in [5.74, 6) is 1.35. The molecule has 1 aromatic carbocycles. The van der Waals surface area contributed by atoms with Gasteiger partial charge in [0.1, 0.15) is 17.7 Å². The van der Waals surface area contributed by atoms with Crippen molar-refractivity contribution >= 4 is 40.7 Å². The second-order valence-corrected chi connectivity index (χ2v) is 8.14. The van der Waals surface area contributed by atoms with Crippen LogP contribution in [-0.2, 0) is 4.79 Å². The second-order valence-electron chi connectivity index (χ2n) is 6.97. The van der Waals surface area contributed by atoms with Crippen molar-refractivity contribution in [3.8, 4) is 5.75 Å². The summed E-state index contributed by atoms with van der Waals surface area (Å²) in [4.78, 5) is 35.9. The summed E-state index contributed by atoms with van der Waals surface area (Å²) in [5.41, 5.74) is 1.02. The first-order valence-electron chi connectivity index (χ1n) is 10.6. The number of rotatable bonds is 11. The number of carbonyl (C=O) groups excluding carboxylic acids is 2. The molecule has 1 aromatic rings. The predicted molar refractivity (Wildman–Crippen MR) is 132 cm³/mol. The highest BCUT2D eigenvalue weighted by Gasteiger charge is 2.16. The van der Waals surface area contributed by atoms with Crippen LogP contribution in [0, 0.1) is 0 Å². The quantitative estimate of drug-likeness (QED) is 0.361. The van der Waals surface area contributed by atoms with Crippen LogP contribution in [0.2, 0.25) is 0 Å². The zero-order valence-corrected chi connectivity index (χ0v) is 20.3. The molecule has 32 heavy (non-hydrogen) atoms. The van der Waals surface area contributed by atoms with Gasteiger partial charge in [-0.05, 0) is 37.5 Å². The highest BCUT2D eigenvalue weighted by molar-refractivity contribution is 8.14. The van der Waals surface area contributed by atoms with Gasteiger partial charge in [-0.1, -0.05) is 26.3 Å². The maximum atomic E-state index is 14.7. The van der Waals surface area contributed by atoms with Gasteiger partial charge in [-0.15, -0.1) is 11.8 Å². The number of benzene rings is 1. The Hall–Kier alpha value is -2.55. The number of thioether (sulfide) groups is 1. The Morgan fingerprint density at radius 2 is 2.03 bits per heavy atom. The Balaban J connectivity index is 2.74. The van der Waals surface area contributed by atoms with Crippen molar-refractivity contribution < 1.29 is 18.7 Å². The number of unbranched alkanes of at least 4 members (excludes halogenated alkanes) is 1. The van der Waals surface area contributed by atoms with E-state index in [1.807, 2.05) is 6.92 Å². The topological polar surface area (TPSA) is 92.5 Å². The van der Waals surface area contributed by atoms with E-state index in [1.165, 1.54) is 18.9 Å². The van der Waals surface area contributed by atoms with E-state index in [2.05, 4.69) is 27.2 Å². The lowest BCUT2D eigenvalue weighted by atomic mass is 10.1. The molecule has 0 spiro atoms. The number of halogens is 1. The van der Waals surface area contributed by atoms with Gasteiger partial charge in [0.2, 0.25) is 0 Å². The Morgan fingerprint density at radius 1 is 1.28 bits per heavy atom. The van der Waals surface area contributed by atoms with Crippen LogP contribution in [0.3, 0.4) is 0 Å². The number of amidine groups is 1. The first-order chi connectivity index (χ1) is 15.4. The Morgan fingerprint density at radius 3 is 2.66 bits per heavy atom. The first kappa shape index (κ1) is 27.5. The van der Waals surface area contributed by atoms with Gasteiger partial charge in [-0.3, -0.25) is 9.79 Å². The Bertz CT molecular complexity index is 856. The number of aliphatic imine (C=N–C) groups is 3. The summed E-state index contributed by atoms with van der Waals surface area (Å²) in [7, 11) is 3.14. The molecule has 0 aliphatic carbocycles. The number of urea groups is 1. The molecule has 7 nitrogen and oxygen atoms in total.